The predicted molar refractivity (Wildman–Crippen MR) is 64.4 cm³/mol. The van der Waals surface area contributed by atoms with Gasteiger partial charge in [-0.05, 0) is 12.8 Å². The molecule has 0 rings (SSSR count). The lowest BCUT2D eigenvalue weighted by Gasteiger charge is -1.76. The van der Waals surface area contributed by atoms with Crippen molar-refractivity contribution in [1.29, 1.82) is 0 Å². The van der Waals surface area contributed by atoms with Crippen LogP contribution in [-0.4, -0.2) is 21.3 Å². The summed E-state index contributed by atoms with van der Waals surface area (Å²) < 4.78 is 0. The van der Waals surface area contributed by atoms with E-state index in [1.54, 1.807) is 0 Å². The first kappa shape index (κ1) is 14.4. The fraction of sp³-hybridized carbons (Fsp3) is 1.00. The van der Waals surface area contributed by atoms with Crippen molar-refractivity contribution >= 4 is 63.7 Å². The topological polar surface area (TPSA) is 0 Å². The van der Waals surface area contributed by atoms with Crippen molar-refractivity contribution in [2.24, 2.45) is 0 Å². The highest BCUT2D eigenvalue weighted by atomic mass is 79.9. The smallest absolute Gasteiger partial charge is 0.00392 e. The number of halogens is 4. The van der Waals surface area contributed by atoms with Crippen molar-refractivity contribution in [1.82, 2.24) is 0 Å². The van der Waals surface area contributed by atoms with Crippen LogP contribution in [0.3, 0.4) is 0 Å². The number of hydrogen-bond donors (Lipinski definition) is 0. The van der Waals surface area contributed by atoms with Crippen LogP contribution in [0.1, 0.15) is 12.8 Å². The summed E-state index contributed by atoms with van der Waals surface area (Å²) in [5, 5.41) is 4.44. The molecule has 4 heteroatoms. The zero-order valence-electron chi connectivity index (χ0n) is 5.75. The van der Waals surface area contributed by atoms with Crippen LogP contribution in [0.5, 0.6) is 0 Å². The first-order chi connectivity index (χ1) is 4.83. The molecule has 64 valence electrons. The first-order valence-electron chi connectivity index (χ1n) is 3.07. The van der Waals surface area contributed by atoms with E-state index in [0.29, 0.717) is 0 Å². The second-order valence-electron chi connectivity index (χ2n) is 1.46. The van der Waals surface area contributed by atoms with Crippen LogP contribution in [0.4, 0.5) is 0 Å². The average molecular weight is 404 g/mol. The van der Waals surface area contributed by atoms with Crippen LogP contribution in [0, 0.1) is 0 Å². The van der Waals surface area contributed by atoms with Crippen LogP contribution in [-0.2, 0) is 0 Å². The van der Waals surface area contributed by atoms with E-state index in [4.69, 9.17) is 0 Å². The lowest BCUT2D eigenvalue weighted by molar-refractivity contribution is 1.15. The molecule has 0 amide bonds. The van der Waals surface area contributed by atoms with E-state index in [1.807, 2.05) is 0 Å². The molecule has 0 aromatic rings. The molecule has 0 spiro atoms. The Morgan fingerprint density at radius 3 is 0.700 bits per heavy atom. The van der Waals surface area contributed by atoms with Crippen LogP contribution in [0.2, 0.25) is 0 Å². The van der Waals surface area contributed by atoms with Crippen LogP contribution in [0.15, 0.2) is 0 Å². The largest absolute Gasteiger partial charge is 0.0928 e. The molecule has 0 bridgehead atoms. The van der Waals surface area contributed by atoms with Crippen molar-refractivity contribution in [2.75, 3.05) is 21.3 Å². The lowest BCUT2D eigenvalue weighted by atomic mass is 10.6. The quantitative estimate of drug-likeness (QED) is 0.613. The summed E-state index contributed by atoms with van der Waals surface area (Å²) in [5.74, 6) is 0. The van der Waals surface area contributed by atoms with Gasteiger partial charge in [-0.25, -0.2) is 0 Å². The minimum absolute atomic E-state index is 1.11. The van der Waals surface area contributed by atoms with Crippen molar-refractivity contribution < 1.29 is 0 Å². The average Bonchev–Trinajstić information content (AvgIpc) is 1.93. The lowest BCUT2D eigenvalue weighted by Crippen LogP contribution is -1.69. The van der Waals surface area contributed by atoms with Crippen LogP contribution in [0.25, 0.3) is 0 Å². The summed E-state index contributed by atoms with van der Waals surface area (Å²) in [7, 11) is 0. The first-order valence-corrected chi connectivity index (χ1v) is 7.55. The molecule has 0 radical (unpaired) electrons. The van der Waals surface area contributed by atoms with Gasteiger partial charge in [-0.3, -0.25) is 0 Å². The number of rotatable bonds is 4. The van der Waals surface area contributed by atoms with E-state index in [1.165, 1.54) is 12.8 Å². The van der Waals surface area contributed by atoms with E-state index in [0.717, 1.165) is 21.3 Å². The van der Waals surface area contributed by atoms with Gasteiger partial charge in [-0.15, -0.1) is 0 Å². The molecule has 0 fully saturated rings. The molecule has 0 N–H and O–H groups in total. The molecule has 0 heterocycles. The maximum atomic E-state index is 3.28. The molecular formula is C6H12Br4. The Balaban J connectivity index is 0. The molecule has 0 aliphatic rings. The van der Waals surface area contributed by atoms with Crippen LogP contribution >= 0.6 is 63.7 Å². The highest BCUT2D eigenvalue weighted by Gasteiger charge is 1.71. The van der Waals surface area contributed by atoms with Gasteiger partial charge in [0.15, 0.2) is 0 Å². The maximum absolute atomic E-state index is 3.28. The van der Waals surface area contributed by atoms with Gasteiger partial charge in [0.2, 0.25) is 0 Å². The van der Waals surface area contributed by atoms with Gasteiger partial charge in [-0.1, -0.05) is 63.7 Å². The second-order valence-corrected chi connectivity index (χ2v) is 4.64. The molecule has 0 saturated carbocycles. The Hall–Kier alpha value is 1.92. The van der Waals surface area contributed by atoms with Gasteiger partial charge in [0.25, 0.3) is 0 Å². The van der Waals surface area contributed by atoms with Crippen molar-refractivity contribution in [3.63, 3.8) is 0 Å². The van der Waals surface area contributed by atoms with E-state index in [2.05, 4.69) is 63.7 Å². The SMILES string of the molecule is BrCCCBr.BrCCCBr. The normalized spacial score (nSPS) is 8.40. The highest BCUT2D eigenvalue weighted by molar-refractivity contribution is 9.10. The molecule has 0 saturated heterocycles. The van der Waals surface area contributed by atoms with E-state index in [9.17, 15) is 0 Å². The molecule has 0 aliphatic heterocycles. The van der Waals surface area contributed by atoms with Crippen molar-refractivity contribution in [3.8, 4) is 0 Å². The Bertz CT molecular complexity index is 30.7. The molecule has 0 aromatic carbocycles. The monoisotopic (exact) mass is 400 g/mol. The summed E-state index contributed by atoms with van der Waals surface area (Å²) in [6.07, 6.45) is 2.44. The third-order valence-electron chi connectivity index (χ3n) is 0.535. The maximum Gasteiger partial charge on any atom is 0.00392 e. The molecule has 0 aromatic heterocycles. The zero-order valence-corrected chi connectivity index (χ0v) is 12.1. The zero-order chi connectivity index (χ0) is 8.24. The second kappa shape index (κ2) is 17.1. The van der Waals surface area contributed by atoms with Crippen molar-refractivity contribution in [2.45, 2.75) is 12.8 Å². The minimum Gasteiger partial charge on any atom is -0.0928 e. The van der Waals surface area contributed by atoms with Gasteiger partial charge in [0, 0.05) is 21.3 Å². The molecular weight excluding hydrogens is 392 g/mol. The summed E-state index contributed by atoms with van der Waals surface area (Å²) in [6.45, 7) is 0. The Morgan fingerprint density at radius 2 is 0.700 bits per heavy atom. The Morgan fingerprint density at radius 1 is 0.500 bits per heavy atom. The highest BCUT2D eigenvalue weighted by Crippen LogP contribution is 1.90. The van der Waals surface area contributed by atoms with E-state index in [-0.39, 0.29) is 0 Å². The van der Waals surface area contributed by atoms with E-state index < -0.39 is 0 Å². The predicted octanol–water partition coefficient (Wildman–Crippen LogP) is 4.33. The standard InChI is InChI=1S/2C3H6Br2/c2*4-2-1-3-5/h2*1-3H2. The Labute approximate surface area is 97.0 Å². The van der Waals surface area contributed by atoms with Gasteiger partial charge < -0.3 is 0 Å². The van der Waals surface area contributed by atoms with Gasteiger partial charge in [0.05, 0.1) is 0 Å². The number of alkyl halides is 4. The van der Waals surface area contributed by atoms with Gasteiger partial charge in [0.1, 0.15) is 0 Å². The van der Waals surface area contributed by atoms with Crippen LogP contribution < -0.4 is 0 Å². The summed E-state index contributed by atoms with van der Waals surface area (Å²) in [6, 6.07) is 0. The molecule has 0 unspecified atom stereocenters. The van der Waals surface area contributed by atoms with Gasteiger partial charge in [-0.2, -0.15) is 0 Å². The Kier molecular flexibility index (Phi) is 24.7. The summed E-state index contributed by atoms with van der Waals surface area (Å²) in [5.41, 5.74) is 0. The number of hydrogen-bond acceptors (Lipinski definition) is 0. The fourth-order valence-electron chi connectivity index (χ4n) is 0.101. The van der Waals surface area contributed by atoms with Crippen molar-refractivity contribution in [3.05, 3.63) is 0 Å². The summed E-state index contributed by atoms with van der Waals surface area (Å²) in [4.78, 5) is 0. The minimum atomic E-state index is 1.11. The van der Waals surface area contributed by atoms with Gasteiger partial charge >= 0.3 is 0 Å². The molecule has 0 aliphatic carbocycles. The third kappa shape index (κ3) is 22.5. The molecule has 0 atom stereocenters. The van der Waals surface area contributed by atoms with E-state index >= 15 is 0 Å². The third-order valence-corrected chi connectivity index (χ3v) is 2.78. The molecule has 0 nitrogen and oxygen atoms in total. The molecule has 10 heavy (non-hydrogen) atoms. The fourth-order valence-corrected chi connectivity index (χ4v) is 2.73. The summed E-state index contributed by atoms with van der Waals surface area (Å²) >= 11 is 13.1.